The van der Waals surface area contributed by atoms with Crippen molar-refractivity contribution >= 4 is 0 Å². The Morgan fingerprint density at radius 3 is 1.79 bits per heavy atom. The van der Waals surface area contributed by atoms with Crippen LogP contribution < -0.4 is 0 Å². The van der Waals surface area contributed by atoms with Gasteiger partial charge in [-0.25, -0.2) is 0 Å². The van der Waals surface area contributed by atoms with Gasteiger partial charge in [-0.05, 0) is 0 Å². The average Bonchev–Trinajstić information content (AvgIpc) is 2.10. The second-order valence-electron chi connectivity index (χ2n) is 3.26. The van der Waals surface area contributed by atoms with Crippen LogP contribution in [0.1, 0.15) is 36.2 Å². The normalized spacial score (nSPS) is 8.43. The van der Waals surface area contributed by atoms with Crippen LogP contribution in [0.15, 0.2) is 0 Å². The van der Waals surface area contributed by atoms with E-state index in [0.717, 1.165) is 11.3 Å². The number of aromatic nitrogens is 1. The summed E-state index contributed by atoms with van der Waals surface area (Å²) in [4.78, 5) is 4.11. The van der Waals surface area contributed by atoms with Crippen molar-refractivity contribution in [3.8, 4) is 0 Å². The van der Waals surface area contributed by atoms with E-state index < -0.39 is 0 Å². The van der Waals surface area contributed by atoms with Crippen LogP contribution in [0.5, 0.6) is 0 Å². The van der Waals surface area contributed by atoms with Crippen LogP contribution in [0, 0.1) is 40.3 Å². The fourth-order valence-electron chi connectivity index (χ4n) is 0.888. The third kappa shape index (κ3) is 5.21. The molecule has 0 aliphatic carbocycles. The molecule has 1 heterocycles. The number of hydrogen-bond donors (Lipinski definition) is 0. The van der Waals surface area contributed by atoms with Crippen LogP contribution in [-0.2, 0) is 32.7 Å². The molecule has 0 bridgehead atoms. The molecule has 1 nitrogen and oxygen atoms in total. The molecular formula is C12H19NY+. The van der Waals surface area contributed by atoms with Crippen LogP contribution in [0.3, 0.4) is 0 Å². The molecule has 0 N–H and O–H groups in total. The summed E-state index contributed by atoms with van der Waals surface area (Å²) >= 11 is 0. The number of pyridine rings is 1. The zero-order chi connectivity index (χ0) is 10.4. The maximum absolute atomic E-state index is 4.11. The van der Waals surface area contributed by atoms with Gasteiger partial charge in [-0.15, -0.1) is 11.1 Å². The van der Waals surface area contributed by atoms with Crippen molar-refractivity contribution < 1.29 is 32.7 Å². The third-order valence-electron chi connectivity index (χ3n) is 2.06. The van der Waals surface area contributed by atoms with Gasteiger partial charge in [0, 0.05) is 0 Å². The van der Waals surface area contributed by atoms with E-state index in [1.807, 2.05) is 34.1 Å². The minimum atomic E-state index is 0. The largest absolute Gasteiger partial charge is 3.00 e. The van der Waals surface area contributed by atoms with E-state index in [1.54, 1.807) is 0 Å². The molecule has 0 saturated heterocycles. The molecule has 0 fully saturated rings. The Morgan fingerprint density at radius 1 is 1.00 bits per heavy atom. The van der Waals surface area contributed by atoms with Crippen molar-refractivity contribution in [2.24, 2.45) is 0 Å². The first kappa shape index (κ1) is 16.7. The number of aryl methyl sites for hydroxylation is 2. The van der Waals surface area contributed by atoms with Crippen molar-refractivity contribution in [2.75, 3.05) is 0 Å². The monoisotopic (exact) mass is 266 g/mol. The summed E-state index contributed by atoms with van der Waals surface area (Å²) in [6.45, 7) is 12.3. The molecule has 1 aromatic heterocycles. The summed E-state index contributed by atoms with van der Waals surface area (Å²) in [5.74, 6) is 0. The van der Waals surface area contributed by atoms with Crippen LogP contribution in [-0.4, -0.2) is 4.98 Å². The Labute approximate surface area is 114 Å². The summed E-state index contributed by atoms with van der Waals surface area (Å²) in [5.41, 5.74) is 4.84. The van der Waals surface area contributed by atoms with Gasteiger partial charge in [0.1, 0.15) is 0 Å². The van der Waals surface area contributed by atoms with Crippen molar-refractivity contribution in [1.82, 2.24) is 4.98 Å². The molecule has 0 aromatic carbocycles. The maximum atomic E-state index is 4.11. The van der Waals surface area contributed by atoms with Crippen molar-refractivity contribution in [2.45, 2.75) is 41.5 Å². The van der Waals surface area contributed by atoms with E-state index in [1.165, 1.54) is 11.1 Å². The van der Waals surface area contributed by atoms with Crippen LogP contribution in [0.4, 0.5) is 0 Å². The molecule has 1 rings (SSSR count). The Kier molecular flexibility index (Phi) is 10.2. The van der Waals surface area contributed by atoms with Gasteiger partial charge >= 0.3 is 32.7 Å². The average molecular weight is 266 g/mol. The predicted octanol–water partition coefficient (Wildman–Crippen LogP) is 3.34. The zero-order valence-corrected chi connectivity index (χ0v) is 12.9. The zero-order valence-electron chi connectivity index (χ0n) is 10.1. The van der Waals surface area contributed by atoms with Gasteiger partial charge in [0.05, 0.1) is 0 Å². The van der Waals surface area contributed by atoms with Gasteiger partial charge in [0.15, 0.2) is 0 Å². The van der Waals surface area contributed by atoms with Crippen molar-refractivity contribution in [3.05, 3.63) is 35.0 Å². The number of rotatable bonds is 0. The van der Waals surface area contributed by atoms with E-state index in [4.69, 9.17) is 0 Å². The van der Waals surface area contributed by atoms with Crippen molar-refractivity contribution in [1.29, 1.82) is 0 Å². The van der Waals surface area contributed by atoms with Gasteiger partial charge in [-0.3, -0.25) is 0 Å². The Morgan fingerprint density at radius 2 is 1.43 bits per heavy atom. The first-order valence-electron chi connectivity index (χ1n) is 4.60. The molecule has 0 amide bonds. The van der Waals surface area contributed by atoms with E-state index in [9.17, 15) is 0 Å². The van der Waals surface area contributed by atoms with Gasteiger partial charge in [-0.1, -0.05) is 39.6 Å². The minimum absolute atomic E-state index is 0. The Bertz CT molecular complexity index is 242. The molecular weight excluding hydrogens is 247 g/mol. The molecule has 0 unspecified atom stereocenters. The summed E-state index contributed by atoms with van der Waals surface area (Å²) in [6, 6.07) is 0. The van der Waals surface area contributed by atoms with E-state index in [2.05, 4.69) is 25.0 Å². The topological polar surface area (TPSA) is 12.9 Å². The SMILES string of the molecule is C[CH-]C.Cc1[c-]nc(C)c(C)c1C.[Y+3]. The van der Waals surface area contributed by atoms with Crippen molar-refractivity contribution in [3.63, 3.8) is 0 Å². The van der Waals surface area contributed by atoms with Crippen LogP contribution in [0.2, 0.25) is 0 Å². The molecule has 74 valence electrons. The molecule has 0 saturated carbocycles. The first-order chi connectivity index (χ1) is 6.04. The van der Waals surface area contributed by atoms with E-state index in [0.29, 0.717) is 0 Å². The first-order valence-corrected chi connectivity index (χ1v) is 4.60. The molecule has 0 spiro atoms. The smallest absolute Gasteiger partial charge is 0.391 e. The molecule has 0 atom stereocenters. The summed E-state index contributed by atoms with van der Waals surface area (Å²) < 4.78 is 0. The number of nitrogens with zero attached hydrogens (tertiary/aromatic N) is 1. The molecule has 2 heteroatoms. The molecule has 14 heavy (non-hydrogen) atoms. The van der Waals surface area contributed by atoms with E-state index in [-0.39, 0.29) is 32.7 Å². The summed E-state index contributed by atoms with van der Waals surface area (Å²) in [5, 5.41) is 0. The fourth-order valence-corrected chi connectivity index (χ4v) is 0.888. The standard InChI is InChI=1S/C9H12N.C3H7.Y/c1-6-5-10-9(4)8(3)7(6)2;1-3-2;/h1-4H3;3H,1-2H3;/q2*-1;+3. The van der Waals surface area contributed by atoms with Gasteiger partial charge in [0.25, 0.3) is 0 Å². The fraction of sp³-hybridized carbons (Fsp3) is 0.500. The van der Waals surface area contributed by atoms with Crippen LogP contribution >= 0.6 is 0 Å². The Hall–Kier alpha value is 0.254. The number of hydrogen-bond acceptors (Lipinski definition) is 1. The van der Waals surface area contributed by atoms with Gasteiger partial charge in [0.2, 0.25) is 0 Å². The predicted molar refractivity (Wildman–Crippen MR) is 57.7 cm³/mol. The quantitative estimate of drug-likeness (QED) is 0.656. The van der Waals surface area contributed by atoms with Gasteiger partial charge in [-0.2, -0.15) is 19.4 Å². The molecule has 0 radical (unpaired) electrons. The second kappa shape index (κ2) is 8.55. The van der Waals surface area contributed by atoms with Crippen LogP contribution in [0.25, 0.3) is 0 Å². The minimum Gasteiger partial charge on any atom is -0.391 e. The summed E-state index contributed by atoms with van der Waals surface area (Å²) in [6.07, 6.45) is 4.96. The molecule has 1 aromatic rings. The van der Waals surface area contributed by atoms with Gasteiger partial charge < -0.3 is 11.4 Å². The maximum Gasteiger partial charge on any atom is 3.00 e. The molecule has 0 aliphatic heterocycles. The summed E-state index contributed by atoms with van der Waals surface area (Å²) in [7, 11) is 0. The second-order valence-corrected chi connectivity index (χ2v) is 3.26. The third-order valence-corrected chi connectivity index (χ3v) is 2.06. The Balaban J connectivity index is 0. The van der Waals surface area contributed by atoms with E-state index >= 15 is 0 Å². The molecule has 0 aliphatic rings.